The lowest BCUT2D eigenvalue weighted by atomic mass is 10.1. The number of nitrogens with zero attached hydrogens (tertiary/aromatic N) is 3. The van der Waals surface area contributed by atoms with E-state index in [1.807, 2.05) is 6.07 Å². The largest absolute Gasteiger partial charge is 0.348 e. The van der Waals surface area contributed by atoms with Gasteiger partial charge in [0.2, 0.25) is 0 Å². The third-order valence-corrected chi connectivity index (χ3v) is 2.28. The van der Waals surface area contributed by atoms with E-state index in [0.29, 0.717) is 5.95 Å². The molecular weight excluding hydrogens is 190 g/mol. The molecular formula is C10H13N5. The normalized spacial score (nSPS) is 10.2. The Labute approximate surface area is 87.9 Å². The number of aryl methyl sites for hydroxylation is 1. The number of hydrogen-bond acceptors (Lipinski definition) is 4. The van der Waals surface area contributed by atoms with Crippen LogP contribution in [0.25, 0.3) is 0 Å². The molecule has 2 N–H and O–H groups in total. The van der Waals surface area contributed by atoms with Crippen molar-refractivity contribution >= 4 is 5.95 Å². The predicted octanol–water partition coefficient (Wildman–Crippen LogP) is 1.37. The van der Waals surface area contributed by atoms with Crippen LogP contribution >= 0.6 is 0 Å². The van der Waals surface area contributed by atoms with Gasteiger partial charge < -0.3 is 5.32 Å². The van der Waals surface area contributed by atoms with Crippen molar-refractivity contribution < 1.29 is 0 Å². The quantitative estimate of drug-likeness (QED) is 0.787. The molecule has 1 heterocycles. The van der Waals surface area contributed by atoms with E-state index < -0.39 is 0 Å². The number of aromatic nitrogens is 4. The van der Waals surface area contributed by atoms with Gasteiger partial charge in [0.15, 0.2) is 0 Å². The molecule has 0 fully saturated rings. The minimum Gasteiger partial charge on any atom is -0.348 e. The number of tetrazole rings is 1. The summed E-state index contributed by atoms with van der Waals surface area (Å²) in [6, 6.07) is 8.32. The van der Waals surface area contributed by atoms with Crippen molar-refractivity contribution in [2.75, 3.05) is 5.32 Å². The van der Waals surface area contributed by atoms with Crippen molar-refractivity contribution in [3.63, 3.8) is 0 Å². The van der Waals surface area contributed by atoms with Gasteiger partial charge in [-0.15, -0.1) is 5.10 Å². The fourth-order valence-electron chi connectivity index (χ4n) is 1.49. The van der Waals surface area contributed by atoms with Gasteiger partial charge in [0.05, 0.1) is 0 Å². The van der Waals surface area contributed by atoms with Crippen molar-refractivity contribution in [2.45, 2.75) is 19.9 Å². The highest BCUT2D eigenvalue weighted by Crippen LogP contribution is 2.10. The van der Waals surface area contributed by atoms with E-state index in [9.17, 15) is 0 Å². The molecule has 0 spiro atoms. The topological polar surface area (TPSA) is 66.5 Å². The van der Waals surface area contributed by atoms with Gasteiger partial charge in [0.25, 0.3) is 5.95 Å². The molecule has 0 bridgehead atoms. The zero-order valence-electron chi connectivity index (χ0n) is 8.57. The van der Waals surface area contributed by atoms with Crippen LogP contribution in [-0.4, -0.2) is 20.6 Å². The van der Waals surface area contributed by atoms with E-state index in [4.69, 9.17) is 0 Å². The zero-order valence-corrected chi connectivity index (χ0v) is 8.57. The van der Waals surface area contributed by atoms with E-state index >= 15 is 0 Å². The molecule has 2 aromatic rings. The summed E-state index contributed by atoms with van der Waals surface area (Å²) >= 11 is 0. The molecule has 0 atom stereocenters. The first kappa shape index (κ1) is 9.64. The standard InChI is InChI=1S/C10H13N5/c1-2-8-5-3-4-6-9(8)7-11-10-12-14-15-13-10/h3-6H,2,7H2,1H3,(H2,11,12,13,14,15). The second-order valence-corrected chi connectivity index (χ2v) is 3.21. The fourth-order valence-corrected chi connectivity index (χ4v) is 1.49. The summed E-state index contributed by atoms with van der Waals surface area (Å²) in [5.74, 6) is 0.529. The molecule has 0 radical (unpaired) electrons. The van der Waals surface area contributed by atoms with Gasteiger partial charge in [0, 0.05) is 6.54 Å². The molecule has 5 heteroatoms. The number of aromatic amines is 1. The van der Waals surface area contributed by atoms with Gasteiger partial charge in [-0.1, -0.05) is 36.3 Å². The molecule has 1 aromatic carbocycles. The number of benzene rings is 1. The van der Waals surface area contributed by atoms with Crippen LogP contribution in [-0.2, 0) is 13.0 Å². The molecule has 0 aliphatic heterocycles. The maximum atomic E-state index is 3.83. The van der Waals surface area contributed by atoms with Crippen LogP contribution in [0.4, 0.5) is 5.95 Å². The fraction of sp³-hybridized carbons (Fsp3) is 0.300. The van der Waals surface area contributed by atoms with E-state index in [1.54, 1.807) is 0 Å². The van der Waals surface area contributed by atoms with E-state index in [0.717, 1.165) is 13.0 Å². The lowest BCUT2D eigenvalue weighted by Crippen LogP contribution is -2.03. The van der Waals surface area contributed by atoms with Crippen LogP contribution in [0.3, 0.4) is 0 Å². The second-order valence-electron chi connectivity index (χ2n) is 3.21. The Bertz CT molecular complexity index is 410. The number of rotatable bonds is 4. The highest BCUT2D eigenvalue weighted by molar-refractivity contribution is 5.31. The van der Waals surface area contributed by atoms with Gasteiger partial charge >= 0.3 is 0 Å². The lowest BCUT2D eigenvalue weighted by Gasteiger charge is -2.06. The Morgan fingerprint density at radius 3 is 2.73 bits per heavy atom. The molecule has 0 aliphatic rings. The number of nitrogens with one attached hydrogen (secondary N) is 2. The van der Waals surface area contributed by atoms with Crippen molar-refractivity contribution in [1.29, 1.82) is 0 Å². The minimum absolute atomic E-state index is 0.529. The summed E-state index contributed by atoms with van der Waals surface area (Å²) < 4.78 is 0. The van der Waals surface area contributed by atoms with E-state index in [2.05, 4.69) is 51.1 Å². The van der Waals surface area contributed by atoms with Gasteiger partial charge in [-0.2, -0.15) is 5.21 Å². The molecule has 0 saturated heterocycles. The summed E-state index contributed by atoms with van der Waals surface area (Å²) in [4.78, 5) is 0. The Hall–Kier alpha value is -1.91. The van der Waals surface area contributed by atoms with Crippen molar-refractivity contribution in [3.05, 3.63) is 35.4 Å². The van der Waals surface area contributed by atoms with Crippen LogP contribution in [0.1, 0.15) is 18.1 Å². The van der Waals surface area contributed by atoms with Gasteiger partial charge in [-0.3, -0.25) is 0 Å². The Morgan fingerprint density at radius 1 is 1.27 bits per heavy atom. The summed E-state index contributed by atoms with van der Waals surface area (Å²) in [5.41, 5.74) is 2.61. The van der Waals surface area contributed by atoms with Crippen LogP contribution in [0, 0.1) is 0 Å². The highest BCUT2D eigenvalue weighted by atomic mass is 15.5. The maximum absolute atomic E-state index is 3.83. The molecule has 5 nitrogen and oxygen atoms in total. The number of H-pyrrole nitrogens is 1. The molecule has 0 amide bonds. The maximum Gasteiger partial charge on any atom is 0.263 e. The summed E-state index contributed by atoms with van der Waals surface area (Å²) in [5, 5.41) is 16.6. The van der Waals surface area contributed by atoms with Crippen LogP contribution in [0.2, 0.25) is 0 Å². The Balaban J connectivity index is 2.04. The molecule has 78 valence electrons. The van der Waals surface area contributed by atoms with Gasteiger partial charge in [0.1, 0.15) is 0 Å². The predicted molar refractivity (Wildman–Crippen MR) is 57.3 cm³/mol. The minimum atomic E-state index is 0.529. The van der Waals surface area contributed by atoms with E-state index in [1.165, 1.54) is 11.1 Å². The summed E-state index contributed by atoms with van der Waals surface area (Å²) in [6.07, 6.45) is 1.03. The van der Waals surface area contributed by atoms with E-state index in [-0.39, 0.29) is 0 Å². The van der Waals surface area contributed by atoms with Crippen molar-refractivity contribution in [2.24, 2.45) is 0 Å². The van der Waals surface area contributed by atoms with Crippen molar-refractivity contribution in [3.8, 4) is 0 Å². The first-order valence-electron chi connectivity index (χ1n) is 4.94. The zero-order chi connectivity index (χ0) is 10.5. The number of hydrogen-bond donors (Lipinski definition) is 2. The highest BCUT2D eigenvalue weighted by Gasteiger charge is 2.01. The SMILES string of the molecule is CCc1ccccc1CNc1nn[nH]n1. The molecule has 0 aliphatic carbocycles. The molecule has 0 saturated carbocycles. The molecule has 1 aromatic heterocycles. The van der Waals surface area contributed by atoms with Crippen molar-refractivity contribution in [1.82, 2.24) is 20.6 Å². The molecule has 0 unspecified atom stereocenters. The lowest BCUT2D eigenvalue weighted by molar-refractivity contribution is 0.881. The molecule has 15 heavy (non-hydrogen) atoms. The van der Waals surface area contributed by atoms with Gasteiger partial charge in [-0.05, 0) is 22.8 Å². The average molecular weight is 203 g/mol. The third-order valence-electron chi connectivity index (χ3n) is 2.28. The second kappa shape index (κ2) is 4.54. The monoisotopic (exact) mass is 203 g/mol. The first-order valence-corrected chi connectivity index (χ1v) is 4.94. The Kier molecular flexibility index (Phi) is 2.92. The molecule has 2 rings (SSSR count). The third kappa shape index (κ3) is 2.31. The summed E-state index contributed by atoms with van der Waals surface area (Å²) in [7, 11) is 0. The van der Waals surface area contributed by atoms with Crippen LogP contribution < -0.4 is 5.32 Å². The average Bonchev–Trinajstić information content (AvgIpc) is 2.79. The Morgan fingerprint density at radius 2 is 2.07 bits per heavy atom. The number of anilines is 1. The summed E-state index contributed by atoms with van der Waals surface area (Å²) in [6.45, 7) is 2.87. The van der Waals surface area contributed by atoms with Gasteiger partial charge in [-0.25, -0.2) is 0 Å². The van der Waals surface area contributed by atoms with Crippen LogP contribution in [0.5, 0.6) is 0 Å². The van der Waals surface area contributed by atoms with Crippen LogP contribution in [0.15, 0.2) is 24.3 Å². The smallest absolute Gasteiger partial charge is 0.263 e. The first-order chi connectivity index (χ1) is 7.40.